The van der Waals surface area contributed by atoms with Gasteiger partial charge in [0.25, 0.3) is 0 Å². The number of rotatable bonds is 7. The van der Waals surface area contributed by atoms with E-state index < -0.39 is 0 Å². The summed E-state index contributed by atoms with van der Waals surface area (Å²) >= 11 is 0. The average molecular weight is 236 g/mol. The summed E-state index contributed by atoms with van der Waals surface area (Å²) in [5, 5.41) is 6.06. The highest BCUT2D eigenvalue weighted by atomic mass is 16.1. The molecule has 0 saturated carbocycles. The molecule has 5 nitrogen and oxygen atoms in total. The number of hydrogen-bond acceptors (Lipinski definition) is 4. The van der Waals surface area contributed by atoms with Gasteiger partial charge >= 0.3 is 0 Å². The van der Waals surface area contributed by atoms with E-state index in [0.29, 0.717) is 19.5 Å². The largest absolute Gasteiger partial charge is 0.354 e. The molecule has 1 aromatic rings. The molecule has 1 aromatic heterocycles. The van der Waals surface area contributed by atoms with Gasteiger partial charge in [-0.1, -0.05) is 6.92 Å². The van der Waals surface area contributed by atoms with Gasteiger partial charge in [-0.25, -0.2) is 9.97 Å². The van der Waals surface area contributed by atoms with Crippen molar-refractivity contribution in [2.75, 3.05) is 6.54 Å². The molecule has 0 aliphatic rings. The first-order valence-corrected chi connectivity index (χ1v) is 5.98. The Morgan fingerprint density at radius 2 is 2.12 bits per heavy atom. The third-order valence-electron chi connectivity index (χ3n) is 2.45. The maximum absolute atomic E-state index is 11.4. The van der Waals surface area contributed by atoms with Crippen LogP contribution in [-0.2, 0) is 11.3 Å². The van der Waals surface area contributed by atoms with Gasteiger partial charge in [0.05, 0.1) is 6.54 Å². The average Bonchev–Trinajstić information content (AvgIpc) is 2.36. The SMILES string of the molecule is CCC(C)NC(=O)CCNCc1ncccn1. The van der Waals surface area contributed by atoms with Crippen molar-refractivity contribution in [1.82, 2.24) is 20.6 Å². The maximum Gasteiger partial charge on any atom is 0.221 e. The number of nitrogens with zero attached hydrogens (tertiary/aromatic N) is 2. The third-order valence-corrected chi connectivity index (χ3v) is 2.45. The van der Waals surface area contributed by atoms with E-state index in [1.807, 2.05) is 6.92 Å². The fraction of sp³-hybridized carbons (Fsp3) is 0.583. The molecule has 0 bridgehead atoms. The van der Waals surface area contributed by atoms with E-state index in [0.717, 1.165) is 12.2 Å². The Balaban J connectivity index is 2.10. The Labute approximate surface area is 102 Å². The molecule has 0 aliphatic heterocycles. The predicted octanol–water partition coefficient (Wildman–Crippen LogP) is 0.871. The molecule has 1 amide bonds. The van der Waals surface area contributed by atoms with Crippen molar-refractivity contribution in [1.29, 1.82) is 0 Å². The van der Waals surface area contributed by atoms with Crippen molar-refractivity contribution in [2.45, 2.75) is 39.3 Å². The second kappa shape index (κ2) is 7.73. The summed E-state index contributed by atoms with van der Waals surface area (Å²) in [7, 11) is 0. The quantitative estimate of drug-likeness (QED) is 0.689. The fourth-order valence-corrected chi connectivity index (χ4v) is 1.27. The number of aromatic nitrogens is 2. The minimum Gasteiger partial charge on any atom is -0.354 e. The summed E-state index contributed by atoms with van der Waals surface area (Å²) in [5.74, 6) is 0.829. The van der Waals surface area contributed by atoms with Crippen molar-refractivity contribution in [3.63, 3.8) is 0 Å². The van der Waals surface area contributed by atoms with Gasteiger partial charge in [-0.2, -0.15) is 0 Å². The van der Waals surface area contributed by atoms with E-state index >= 15 is 0 Å². The van der Waals surface area contributed by atoms with Crippen molar-refractivity contribution >= 4 is 5.91 Å². The number of amides is 1. The Morgan fingerprint density at radius 3 is 2.76 bits per heavy atom. The molecule has 1 unspecified atom stereocenters. The highest BCUT2D eigenvalue weighted by Gasteiger charge is 2.04. The second-order valence-electron chi connectivity index (χ2n) is 3.97. The fourth-order valence-electron chi connectivity index (χ4n) is 1.27. The zero-order chi connectivity index (χ0) is 12.5. The van der Waals surface area contributed by atoms with Crippen molar-refractivity contribution in [3.8, 4) is 0 Å². The summed E-state index contributed by atoms with van der Waals surface area (Å²) in [6.45, 7) is 5.29. The van der Waals surface area contributed by atoms with Crippen LogP contribution >= 0.6 is 0 Å². The van der Waals surface area contributed by atoms with Crippen molar-refractivity contribution in [3.05, 3.63) is 24.3 Å². The molecular weight excluding hydrogens is 216 g/mol. The predicted molar refractivity (Wildman–Crippen MR) is 66.3 cm³/mol. The maximum atomic E-state index is 11.4. The van der Waals surface area contributed by atoms with Crippen LogP contribution in [0.3, 0.4) is 0 Å². The first kappa shape index (κ1) is 13.6. The van der Waals surface area contributed by atoms with E-state index in [-0.39, 0.29) is 11.9 Å². The third kappa shape index (κ3) is 5.97. The molecule has 0 fully saturated rings. The van der Waals surface area contributed by atoms with Gasteiger partial charge in [-0.15, -0.1) is 0 Å². The van der Waals surface area contributed by atoms with Gasteiger partial charge in [0.2, 0.25) is 5.91 Å². The monoisotopic (exact) mass is 236 g/mol. The number of carbonyl (C=O) groups is 1. The highest BCUT2D eigenvalue weighted by Crippen LogP contribution is 1.90. The molecule has 0 saturated heterocycles. The summed E-state index contributed by atoms with van der Waals surface area (Å²) in [6, 6.07) is 2.03. The standard InChI is InChI=1S/C12H20N4O/c1-3-10(2)16-12(17)5-8-13-9-11-14-6-4-7-15-11/h4,6-7,10,13H,3,5,8-9H2,1-2H3,(H,16,17). The molecule has 0 spiro atoms. The smallest absolute Gasteiger partial charge is 0.221 e. The minimum atomic E-state index is 0.0841. The molecule has 1 atom stereocenters. The number of hydrogen-bond donors (Lipinski definition) is 2. The summed E-state index contributed by atoms with van der Waals surface area (Å²) in [4.78, 5) is 19.6. The Hall–Kier alpha value is -1.49. The van der Waals surface area contributed by atoms with Gasteiger partial charge in [0.1, 0.15) is 5.82 Å². The van der Waals surface area contributed by atoms with Crippen LogP contribution in [0.25, 0.3) is 0 Å². The molecule has 17 heavy (non-hydrogen) atoms. The molecule has 5 heteroatoms. The molecule has 1 rings (SSSR count). The van der Waals surface area contributed by atoms with E-state index in [1.165, 1.54) is 0 Å². The van der Waals surface area contributed by atoms with Crippen LogP contribution in [0.5, 0.6) is 0 Å². The van der Waals surface area contributed by atoms with Gasteiger partial charge in [0, 0.05) is 31.4 Å². The first-order chi connectivity index (χ1) is 8.22. The first-order valence-electron chi connectivity index (χ1n) is 5.98. The van der Waals surface area contributed by atoms with E-state index in [2.05, 4.69) is 27.5 Å². The Bertz CT molecular complexity index is 329. The Morgan fingerprint density at radius 1 is 1.41 bits per heavy atom. The van der Waals surface area contributed by atoms with Crippen LogP contribution in [0.4, 0.5) is 0 Å². The van der Waals surface area contributed by atoms with E-state index in [1.54, 1.807) is 18.5 Å². The highest BCUT2D eigenvalue weighted by molar-refractivity contribution is 5.76. The van der Waals surface area contributed by atoms with Crippen molar-refractivity contribution in [2.24, 2.45) is 0 Å². The van der Waals surface area contributed by atoms with Crippen LogP contribution in [0.1, 0.15) is 32.5 Å². The zero-order valence-corrected chi connectivity index (χ0v) is 10.4. The van der Waals surface area contributed by atoms with Crippen LogP contribution in [-0.4, -0.2) is 28.5 Å². The number of carbonyl (C=O) groups excluding carboxylic acids is 1. The number of nitrogens with one attached hydrogen (secondary N) is 2. The van der Waals surface area contributed by atoms with Gasteiger partial charge in [0.15, 0.2) is 0 Å². The van der Waals surface area contributed by atoms with E-state index in [4.69, 9.17) is 0 Å². The minimum absolute atomic E-state index is 0.0841. The second-order valence-corrected chi connectivity index (χ2v) is 3.97. The van der Waals surface area contributed by atoms with E-state index in [9.17, 15) is 4.79 Å². The molecular formula is C12H20N4O. The molecule has 2 N–H and O–H groups in total. The van der Waals surface area contributed by atoms with Crippen LogP contribution in [0, 0.1) is 0 Å². The Kier molecular flexibility index (Phi) is 6.17. The lowest BCUT2D eigenvalue weighted by Crippen LogP contribution is -2.34. The molecule has 1 heterocycles. The molecule has 0 radical (unpaired) electrons. The van der Waals surface area contributed by atoms with Gasteiger partial charge in [-0.3, -0.25) is 4.79 Å². The molecule has 0 aliphatic carbocycles. The lowest BCUT2D eigenvalue weighted by Gasteiger charge is -2.11. The van der Waals surface area contributed by atoms with Gasteiger partial charge < -0.3 is 10.6 Å². The molecule has 0 aromatic carbocycles. The summed E-state index contributed by atoms with van der Waals surface area (Å²) in [6.07, 6.45) is 4.85. The normalized spacial score (nSPS) is 12.1. The van der Waals surface area contributed by atoms with Crippen LogP contribution in [0.15, 0.2) is 18.5 Å². The lowest BCUT2D eigenvalue weighted by molar-refractivity contribution is -0.121. The summed E-state index contributed by atoms with van der Waals surface area (Å²) < 4.78 is 0. The zero-order valence-electron chi connectivity index (χ0n) is 10.4. The lowest BCUT2D eigenvalue weighted by atomic mass is 10.2. The van der Waals surface area contributed by atoms with Gasteiger partial charge in [-0.05, 0) is 19.4 Å². The summed E-state index contributed by atoms with van der Waals surface area (Å²) in [5.41, 5.74) is 0. The van der Waals surface area contributed by atoms with Crippen molar-refractivity contribution < 1.29 is 4.79 Å². The molecule has 94 valence electrons. The van der Waals surface area contributed by atoms with Crippen LogP contribution < -0.4 is 10.6 Å². The topological polar surface area (TPSA) is 66.9 Å². The van der Waals surface area contributed by atoms with Crippen LogP contribution in [0.2, 0.25) is 0 Å².